The van der Waals surface area contributed by atoms with Crippen molar-refractivity contribution in [2.75, 3.05) is 12.4 Å². The van der Waals surface area contributed by atoms with Gasteiger partial charge in [-0.25, -0.2) is 4.79 Å². The Kier molecular flexibility index (Phi) is 11.6. The zero-order valence-electron chi connectivity index (χ0n) is 25.8. The molecule has 0 aromatic heterocycles. The first-order valence-electron chi connectivity index (χ1n) is 14.4. The summed E-state index contributed by atoms with van der Waals surface area (Å²) in [7, 11) is 0. The number of hydrogen-bond donors (Lipinski definition) is 4. The van der Waals surface area contributed by atoms with Crippen LogP contribution in [0.3, 0.4) is 0 Å². The fraction of sp³-hybridized carbons (Fsp3) is 0.500. The van der Waals surface area contributed by atoms with E-state index in [2.05, 4.69) is 16.0 Å². The summed E-state index contributed by atoms with van der Waals surface area (Å²) in [4.78, 5) is 53.5. The molecule has 2 aromatic rings. The number of amides is 4. The Balaban J connectivity index is 1.71. The van der Waals surface area contributed by atoms with Gasteiger partial charge >= 0.3 is 6.09 Å². The van der Waals surface area contributed by atoms with E-state index in [9.17, 15) is 24.3 Å². The maximum atomic E-state index is 13.8. The van der Waals surface area contributed by atoms with Gasteiger partial charge < -0.3 is 30.7 Å². The van der Waals surface area contributed by atoms with E-state index in [0.717, 1.165) is 16.7 Å². The number of carbonyl (C=O) groups is 4. The maximum Gasteiger partial charge on any atom is 0.407 e. The number of rotatable bonds is 11. The van der Waals surface area contributed by atoms with Gasteiger partial charge in [0.25, 0.3) is 5.91 Å². The summed E-state index contributed by atoms with van der Waals surface area (Å²) in [6.45, 7) is 11.3. The molecule has 1 fully saturated rings. The summed E-state index contributed by atoms with van der Waals surface area (Å²) >= 11 is 1.46. The molecule has 10 nitrogen and oxygen atoms in total. The molecule has 1 aliphatic rings. The van der Waals surface area contributed by atoms with Gasteiger partial charge in [-0.1, -0.05) is 54.6 Å². The lowest BCUT2D eigenvalue weighted by atomic mass is 9.97. The fourth-order valence-electron chi connectivity index (χ4n) is 4.82. The highest BCUT2D eigenvalue weighted by atomic mass is 32.2. The SMILES string of the molecule is Cc1ccccc1CNC(=O)C1N(C(=O)C(O)C(Cc2ccccc2)NC(=O)CCNC(=O)OC(C)(C)C)CSC1(C)C. The van der Waals surface area contributed by atoms with E-state index in [1.807, 2.05) is 75.4 Å². The monoisotopic (exact) mass is 612 g/mol. The molecule has 11 heteroatoms. The molecule has 4 N–H and O–H groups in total. The fourth-order valence-corrected chi connectivity index (χ4v) is 5.96. The lowest BCUT2D eigenvalue weighted by Crippen LogP contribution is -2.58. The Morgan fingerprint density at radius 2 is 1.70 bits per heavy atom. The van der Waals surface area contributed by atoms with Crippen LogP contribution in [0.15, 0.2) is 54.6 Å². The van der Waals surface area contributed by atoms with Crippen LogP contribution in [0.5, 0.6) is 0 Å². The smallest absolute Gasteiger partial charge is 0.407 e. The second kappa shape index (κ2) is 14.7. The van der Waals surface area contributed by atoms with Gasteiger partial charge in [0.05, 0.1) is 11.9 Å². The van der Waals surface area contributed by atoms with Crippen molar-refractivity contribution in [2.45, 2.75) is 89.5 Å². The van der Waals surface area contributed by atoms with Gasteiger partial charge in [0.2, 0.25) is 11.8 Å². The summed E-state index contributed by atoms with van der Waals surface area (Å²) in [6.07, 6.45) is -2.14. The molecule has 2 aromatic carbocycles. The minimum absolute atomic E-state index is 0.0168. The molecular weight excluding hydrogens is 568 g/mol. The van der Waals surface area contributed by atoms with E-state index in [1.165, 1.54) is 16.7 Å². The standard InChI is InChI=1S/C32H44N4O6S/c1-21-12-10-11-15-23(21)19-34-28(39)27-32(5,6)43-20-36(27)29(40)26(38)24(18-22-13-8-7-9-14-22)35-25(37)16-17-33-30(41)42-31(2,3)4/h7-15,24,26-27,38H,16-20H2,1-6H3,(H,33,41)(H,34,39)(H,35,37). The number of carbonyl (C=O) groups excluding carboxylic acids is 4. The summed E-state index contributed by atoms with van der Waals surface area (Å²) < 4.78 is 4.59. The van der Waals surface area contributed by atoms with Crippen molar-refractivity contribution in [1.29, 1.82) is 0 Å². The molecule has 0 aliphatic carbocycles. The van der Waals surface area contributed by atoms with Crippen LogP contribution in [-0.4, -0.2) is 74.8 Å². The van der Waals surface area contributed by atoms with E-state index >= 15 is 0 Å². The van der Waals surface area contributed by atoms with Gasteiger partial charge in [0.15, 0.2) is 6.10 Å². The second-order valence-corrected chi connectivity index (χ2v) is 13.8. The topological polar surface area (TPSA) is 137 Å². The van der Waals surface area contributed by atoms with Crippen LogP contribution in [-0.2, 0) is 32.1 Å². The molecule has 234 valence electrons. The summed E-state index contributed by atoms with van der Waals surface area (Å²) in [5, 5.41) is 19.6. The number of benzene rings is 2. The first kappa shape index (κ1) is 33.9. The van der Waals surface area contributed by atoms with Crippen LogP contribution in [0.25, 0.3) is 0 Å². The van der Waals surface area contributed by atoms with Gasteiger partial charge in [0.1, 0.15) is 11.6 Å². The maximum absolute atomic E-state index is 13.8. The number of nitrogens with one attached hydrogen (secondary N) is 3. The molecule has 4 amide bonds. The molecule has 0 radical (unpaired) electrons. The van der Waals surface area contributed by atoms with E-state index in [1.54, 1.807) is 20.8 Å². The van der Waals surface area contributed by atoms with Crippen LogP contribution in [0, 0.1) is 6.92 Å². The molecule has 3 rings (SSSR count). The van der Waals surface area contributed by atoms with Crippen LogP contribution >= 0.6 is 11.8 Å². The average molecular weight is 613 g/mol. The highest BCUT2D eigenvalue weighted by molar-refractivity contribution is 8.00. The first-order valence-corrected chi connectivity index (χ1v) is 15.4. The van der Waals surface area contributed by atoms with Crippen molar-refractivity contribution in [3.63, 3.8) is 0 Å². The van der Waals surface area contributed by atoms with Gasteiger partial charge in [-0.3, -0.25) is 14.4 Å². The van der Waals surface area contributed by atoms with Gasteiger partial charge in [-0.2, -0.15) is 0 Å². The number of thioether (sulfide) groups is 1. The van der Waals surface area contributed by atoms with Crippen molar-refractivity contribution < 1.29 is 29.0 Å². The Bertz CT molecular complexity index is 1280. The third-order valence-corrected chi connectivity index (χ3v) is 8.47. The Morgan fingerprint density at radius 3 is 2.35 bits per heavy atom. The van der Waals surface area contributed by atoms with Crippen LogP contribution in [0.1, 0.15) is 57.7 Å². The quantitative estimate of drug-likeness (QED) is 0.306. The van der Waals surface area contributed by atoms with E-state index in [4.69, 9.17) is 4.74 Å². The lowest BCUT2D eigenvalue weighted by molar-refractivity contribution is -0.147. The Hall–Kier alpha value is -3.57. The van der Waals surface area contributed by atoms with Gasteiger partial charge in [0, 0.05) is 24.3 Å². The Morgan fingerprint density at radius 1 is 1.05 bits per heavy atom. The van der Waals surface area contributed by atoms with Gasteiger partial charge in [-0.05, 0) is 64.7 Å². The second-order valence-electron chi connectivity index (χ2n) is 12.2. The number of nitrogens with zero attached hydrogens (tertiary/aromatic N) is 1. The van der Waals surface area contributed by atoms with Gasteiger partial charge in [-0.15, -0.1) is 11.8 Å². The summed E-state index contributed by atoms with van der Waals surface area (Å²) in [6, 6.07) is 15.2. The highest BCUT2D eigenvalue weighted by Crippen LogP contribution is 2.40. The average Bonchev–Trinajstić information content (AvgIpc) is 3.25. The van der Waals surface area contributed by atoms with E-state index < -0.39 is 46.4 Å². The largest absolute Gasteiger partial charge is 0.444 e. The number of hydrogen-bond acceptors (Lipinski definition) is 7. The molecule has 3 unspecified atom stereocenters. The van der Waals surface area contributed by atoms with Crippen LogP contribution < -0.4 is 16.0 Å². The van der Waals surface area contributed by atoms with Crippen molar-refractivity contribution in [1.82, 2.24) is 20.9 Å². The molecule has 0 bridgehead atoms. The van der Waals surface area contributed by atoms with Crippen molar-refractivity contribution in [3.05, 3.63) is 71.3 Å². The predicted molar refractivity (Wildman–Crippen MR) is 167 cm³/mol. The minimum atomic E-state index is -1.61. The molecular formula is C32H44N4O6S. The third kappa shape index (κ3) is 10.00. The van der Waals surface area contributed by atoms with Crippen LogP contribution in [0.2, 0.25) is 0 Å². The zero-order valence-corrected chi connectivity index (χ0v) is 26.6. The molecule has 3 atom stereocenters. The highest BCUT2D eigenvalue weighted by Gasteiger charge is 2.49. The number of ether oxygens (including phenoxy) is 1. The van der Waals surface area contributed by atoms with Crippen molar-refractivity contribution >= 4 is 35.6 Å². The number of aliphatic hydroxyl groups is 1. The number of aryl methyl sites for hydroxylation is 1. The molecule has 0 saturated carbocycles. The predicted octanol–water partition coefficient (Wildman–Crippen LogP) is 3.29. The molecule has 1 saturated heterocycles. The summed E-state index contributed by atoms with van der Waals surface area (Å²) in [5.41, 5.74) is 2.17. The van der Waals surface area contributed by atoms with Crippen molar-refractivity contribution in [3.8, 4) is 0 Å². The minimum Gasteiger partial charge on any atom is -0.444 e. The first-order chi connectivity index (χ1) is 20.2. The lowest BCUT2D eigenvalue weighted by Gasteiger charge is -2.33. The third-order valence-electron chi connectivity index (χ3n) is 7.09. The molecule has 1 aliphatic heterocycles. The number of alkyl carbamates (subject to hydrolysis) is 1. The molecule has 0 spiro atoms. The molecule has 1 heterocycles. The van der Waals surface area contributed by atoms with Crippen LogP contribution in [0.4, 0.5) is 4.79 Å². The Labute approximate surface area is 258 Å². The van der Waals surface area contributed by atoms with E-state index in [-0.39, 0.29) is 31.2 Å². The van der Waals surface area contributed by atoms with E-state index in [0.29, 0.717) is 6.54 Å². The zero-order chi connectivity index (χ0) is 31.8. The summed E-state index contributed by atoms with van der Waals surface area (Å²) in [5.74, 6) is -1.18. The van der Waals surface area contributed by atoms with Crippen molar-refractivity contribution in [2.24, 2.45) is 0 Å². The number of aliphatic hydroxyl groups excluding tert-OH is 1. The molecule has 43 heavy (non-hydrogen) atoms. The normalized spacial score (nSPS) is 17.5.